The number of halogens is 3. The lowest BCUT2D eigenvalue weighted by Crippen LogP contribution is -2.53. The minimum atomic E-state index is -4.43. The van der Waals surface area contributed by atoms with E-state index in [-0.39, 0.29) is 28.6 Å². The van der Waals surface area contributed by atoms with E-state index in [0.717, 1.165) is 34.3 Å². The summed E-state index contributed by atoms with van der Waals surface area (Å²) < 4.78 is 44.1. The van der Waals surface area contributed by atoms with Crippen LogP contribution in [0, 0.1) is 12.7 Å². The first kappa shape index (κ1) is 34.9. The van der Waals surface area contributed by atoms with Crippen LogP contribution in [0.4, 0.5) is 10.1 Å². The summed E-state index contributed by atoms with van der Waals surface area (Å²) in [5.41, 5.74) is 1.82. The highest BCUT2D eigenvalue weighted by Crippen LogP contribution is 2.28. The molecular formula is C35H36Cl2FN3O4S. The molecule has 242 valence electrons. The number of hydrogen-bond acceptors (Lipinski definition) is 4. The van der Waals surface area contributed by atoms with Gasteiger partial charge >= 0.3 is 0 Å². The van der Waals surface area contributed by atoms with Gasteiger partial charge in [-0.2, -0.15) is 0 Å². The van der Waals surface area contributed by atoms with Crippen molar-refractivity contribution < 1.29 is 22.4 Å². The maximum absolute atomic E-state index is 15.3. The molecule has 7 nitrogen and oxygen atoms in total. The molecule has 0 bridgehead atoms. The number of benzene rings is 4. The number of para-hydroxylation sites is 1. The normalized spacial score (nSPS) is 11.9. The molecule has 0 aromatic heterocycles. The van der Waals surface area contributed by atoms with Crippen LogP contribution in [0.25, 0.3) is 0 Å². The summed E-state index contributed by atoms with van der Waals surface area (Å²) in [7, 11) is -4.43. The van der Waals surface area contributed by atoms with Crippen LogP contribution in [-0.2, 0) is 32.6 Å². The molecule has 46 heavy (non-hydrogen) atoms. The van der Waals surface area contributed by atoms with E-state index >= 15 is 4.39 Å². The smallest absolute Gasteiger partial charge is 0.264 e. The molecule has 0 spiro atoms. The van der Waals surface area contributed by atoms with Gasteiger partial charge in [0.25, 0.3) is 10.0 Å². The summed E-state index contributed by atoms with van der Waals surface area (Å²) in [6, 6.07) is 24.4. The predicted octanol–water partition coefficient (Wildman–Crippen LogP) is 7.19. The van der Waals surface area contributed by atoms with Crippen LogP contribution in [0.2, 0.25) is 10.0 Å². The largest absolute Gasteiger partial charge is 0.354 e. The van der Waals surface area contributed by atoms with Crippen molar-refractivity contribution in [2.24, 2.45) is 0 Å². The Morgan fingerprint density at radius 3 is 2.24 bits per heavy atom. The van der Waals surface area contributed by atoms with E-state index in [0.29, 0.717) is 17.1 Å². The molecule has 0 saturated carbocycles. The number of aryl methyl sites for hydroxylation is 1. The molecule has 0 aliphatic carbocycles. The molecule has 2 amide bonds. The molecule has 4 aromatic carbocycles. The molecule has 0 radical (unpaired) electrons. The van der Waals surface area contributed by atoms with Crippen molar-refractivity contribution in [1.82, 2.24) is 10.2 Å². The average Bonchev–Trinajstić information content (AvgIpc) is 3.03. The van der Waals surface area contributed by atoms with Crippen molar-refractivity contribution in [3.05, 3.63) is 130 Å². The first-order valence-corrected chi connectivity index (χ1v) is 17.1. The molecule has 1 atom stereocenters. The van der Waals surface area contributed by atoms with Gasteiger partial charge in [0.1, 0.15) is 18.4 Å². The number of nitrogens with one attached hydrogen (secondary N) is 1. The van der Waals surface area contributed by atoms with E-state index in [1.807, 2.05) is 44.2 Å². The highest BCUT2D eigenvalue weighted by atomic mass is 35.5. The van der Waals surface area contributed by atoms with E-state index in [1.54, 1.807) is 24.3 Å². The Bertz CT molecular complexity index is 1760. The van der Waals surface area contributed by atoms with E-state index in [2.05, 4.69) is 5.32 Å². The Kier molecular flexibility index (Phi) is 12.2. The number of amides is 2. The molecule has 11 heteroatoms. The van der Waals surface area contributed by atoms with Gasteiger partial charge in [0.05, 0.1) is 10.6 Å². The van der Waals surface area contributed by atoms with Gasteiger partial charge in [-0.3, -0.25) is 13.9 Å². The zero-order chi connectivity index (χ0) is 33.3. The lowest BCUT2D eigenvalue weighted by Gasteiger charge is -2.34. The Labute approximate surface area is 280 Å². The lowest BCUT2D eigenvalue weighted by molar-refractivity contribution is -0.140. The second-order valence-corrected chi connectivity index (χ2v) is 13.6. The Balaban J connectivity index is 1.82. The Morgan fingerprint density at radius 2 is 1.59 bits per heavy atom. The van der Waals surface area contributed by atoms with Crippen molar-refractivity contribution in [2.75, 3.05) is 17.4 Å². The van der Waals surface area contributed by atoms with Crippen LogP contribution in [-0.4, -0.2) is 44.3 Å². The number of sulfonamides is 1. The molecule has 0 fully saturated rings. The number of unbranched alkanes of at least 4 members (excludes halogenated alkanes) is 1. The van der Waals surface area contributed by atoms with Crippen LogP contribution in [0.1, 0.15) is 36.5 Å². The summed E-state index contributed by atoms with van der Waals surface area (Å²) in [6.07, 6.45) is 1.72. The van der Waals surface area contributed by atoms with E-state index in [4.69, 9.17) is 23.2 Å². The highest BCUT2D eigenvalue weighted by Gasteiger charge is 2.35. The summed E-state index contributed by atoms with van der Waals surface area (Å²) in [5.74, 6) is -1.96. The Morgan fingerprint density at radius 1 is 0.913 bits per heavy atom. The molecule has 0 aliphatic rings. The number of nitrogens with zero attached hydrogens (tertiary/aromatic N) is 2. The van der Waals surface area contributed by atoms with Crippen LogP contribution >= 0.6 is 23.2 Å². The highest BCUT2D eigenvalue weighted by molar-refractivity contribution is 7.92. The van der Waals surface area contributed by atoms with Gasteiger partial charge in [0.2, 0.25) is 11.8 Å². The molecule has 4 rings (SSSR count). The number of carbonyl (C=O) groups excluding carboxylic acids is 2. The predicted molar refractivity (Wildman–Crippen MR) is 181 cm³/mol. The summed E-state index contributed by atoms with van der Waals surface area (Å²) in [4.78, 5) is 29.5. The minimum absolute atomic E-state index is 0.111. The first-order chi connectivity index (χ1) is 22.0. The monoisotopic (exact) mass is 683 g/mol. The maximum atomic E-state index is 15.3. The molecule has 0 unspecified atom stereocenters. The van der Waals surface area contributed by atoms with Crippen LogP contribution in [0.3, 0.4) is 0 Å². The number of hydrogen-bond donors (Lipinski definition) is 1. The van der Waals surface area contributed by atoms with E-state index in [1.165, 1.54) is 41.3 Å². The second-order valence-electron chi connectivity index (χ2n) is 10.9. The zero-order valence-electron chi connectivity index (χ0n) is 25.6. The van der Waals surface area contributed by atoms with Gasteiger partial charge < -0.3 is 10.2 Å². The van der Waals surface area contributed by atoms with Crippen molar-refractivity contribution in [1.29, 1.82) is 0 Å². The third-order valence-electron chi connectivity index (χ3n) is 7.47. The third kappa shape index (κ3) is 8.87. The first-order valence-electron chi connectivity index (χ1n) is 14.9. The topological polar surface area (TPSA) is 86.8 Å². The van der Waals surface area contributed by atoms with Crippen molar-refractivity contribution in [3.8, 4) is 0 Å². The fraction of sp³-hybridized carbons (Fsp3) is 0.257. The minimum Gasteiger partial charge on any atom is -0.354 e. The van der Waals surface area contributed by atoms with Gasteiger partial charge in [-0.05, 0) is 60.9 Å². The average molecular weight is 685 g/mol. The van der Waals surface area contributed by atoms with Crippen molar-refractivity contribution in [2.45, 2.75) is 50.6 Å². The lowest BCUT2D eigenvalue weighted by atomic mass is 10.0. The van der Waals surface area contributed by atoms with Gasteiger partial charge in [0.15, 0.2) is 0 Å². The number of carbonyl (C=O) groups is 2. The molecular weight excluding hydrogens is 648 g/mol. The van der Waals surface area contributed by atoms with Gasteiger partial charge in [-0.15, -0.1) is 0 Å². The maximum Gasteiger partial charge on any atom is 0.264 e. The standard InChI is InChI=1S/C35H36Cl2FN3O4S/c1-3-4-20-39-35(43)33(21-26-10-6-5-7-11-26)40(23-27-16-17-28(36)22-30(27)37)34(42)24-41(32-13-9-8-12-31(32)38)46(44,45)29-18-14-25(2)15-19-29/h5-19,22,33H,3-4,20-21,23-24H2,1-2H3,(H,39,43)/t33-/m1/s1. The van der Waals surface area contributed by atoms with Gasteiger partial charge in [-0.25, -0.2) is 12.8 Å². The van der Waals surface area contributed by atoms with Gasteiger partial charge in [-0.1, -0.05) is 103 Å². The van der Waals surface area contributed by atoms with Crippen LogP contribution in [0.15, 0.2) is 102 Å². The quantitative estimate of drug-likeness (QED) is 0.143. The molecule has 0 aliphatic heterocycles. The van der Waals surface area contributed by atoms with E-state index < -0.39 is 40.2 Å². The van der Waals surface area contributed by atoms with Gasteiger partial charge in [0, 0.05) is 29.6 Å². The fourth-order valence-corrected chi connectivity index (χ4v) is 6.79. The summed E-state index contributed by atoms with van der Waals surface area (Å²) >= 11 is 12.7. The summed E-state index contributed by atoms with van der Waals surface area (Å²) in [6.45, 7) is 3.29. The van der Waals surface area contributed by atoms with Crippen LogP contribution < -0.4 is 9.62 Å². The molecule has 1 N–H and O–H groups in total. The molecule has 4 aromatic rings. The number of rotatable bonds is 14. The molecule has 0 heterocycles. The number of anilines is 1. The van der Waals surface area contributed by atoms with Crippen molar-refractivity contribution in [3.63, 3.8) is 0 Å². The third-order valence-corrected chi connectivity index (χ3v) is 9.83. The summed E-state index contributed by atoms with van der Waals surface area (Å²) in [5, 5.41) is 3.59. The van der Waals surface area contributed by atoms with E-state index in [9.17, 15) is 18.0 Å². The second kappa shape index (κ2) is 16.1. The molecule has 0 saturated heterocycles. The fourth-order valence-electron chi connectivity index (χ4n) is 4.90. The SMILES string of the molecule is CCCCNC(=O)[C@@H](Cc1ccccc1)N(Cc1ccc(Cl)cc1Cl)C(=O)CN(c1ccccc1F)S(=O)(=O)c1ccc(C)cc1. The Hall–Kier alpha value is -3.92. The zero-order valence-corrected chi connectivity index (χ0v) is 28.0. The van der Waals surface area contributed by atoms with Crippen molar-refractivity contribution >= 4 is 50.7 Å². The van der Waals surface area contributed by atoms with Crippen LogP contribution in [0.5, 0.6) is 0 Å².